The van der Waals surface area contributed by atoms with Gasteiger partial charge in [0.05, 0.1) is 18.2 Å². The number of benzene rings is 1. The SMILES string of the molecule is CC(C(=O)N(CCN(C)C)Cc1ccccn1)c1cc2ccccc2o1. The van der Waals surface area contributed by atoms with Crippen LogP contribution in [-0.2, 0) is 11.3 Å². The van der Waals surface area contributed by atoms with Crippen molar-refractivity contribution < 1.29 is 9.21 Å². The molecule has 1 aromatic carbocycles. The summed E-state index contributed by atoms with van der Waals surface area (Å²) >= 11 is 0. The number of hydrogen-bond acceptors (Lipinski definition) is 4. The van der Waals surface area contributed by atoms with Crippen molar-refractivity contribution in [3.8, 4) is 0 Å². The Morgan fingerprint density at radius 1 is 1.12 bits per heavy atom. The van der Waals surface area contributed by atoms with Crippen LogP contribution in [0.2, 0.25) is 0 Å². The molecule has 0 aliphatic rings. The highest BCUT2D eigenvalue weighted by molar-refractivity contribution is 5.85. The van der Waals surface area contributed by atoms with Crippen molar-refractivity contribution in [2.24, 2.45) is 0 Å². The number of likely N-dealkylation sites (N-methyl/N-ethyl adjacent to an activating group) is 1. The lowest BCUT2D eigenvalue weighted by molar-refractivity contribution is -0.133. The zero-order chi connectivity index (χ0) is 18.5. The molecule has 1 amide bonds. The normalized spacial score (nSPS) is 12.5. The molecule has 0 N–H and O–H groups in total. The van der Waals surface area contributed by atoms with Gasteiger partial charge in [-0.05, 0) is 45.3 Å². The Hall–Kier alpha value is -2.66. The fourth-order valence-electron chi connectivity index (χ4n) is 2.89. The third-order valence-corrected chi connectivity index (χ3v) is 4.45. The maximum absolute atomic E-state index is 13.2. The summed E-state index contributed by atoms with van der Waals surface area (Å²) in [4.78, 5) is 21.5. The first-order valence-corrected chi connectivity index (χ1v) is 8.86. The minimum absolute atomic E-state index is 0.0524. The molecule has 1 unspecified atom stereocenters. The number of rotatable bonds is 7. The van der Waals surface area contributed by atoms with Crippen LogP contribution in [0.4, 0.5) is 0 Å². The van der Waals surface area contributed by atoms with Gasteiger partial charge in [0.1, 0.15) is 11.3 Å². The standard InChI is InChI=1S/C21H25N3O2/c1-16(20-14-17-8-4-5-10-19(17)26-20)21(25)24(13-12-23(2)3)15-18-9-6-7-11-22-18/h4-11,14,16H,12-13,15H2,1-3H3. The second-order valence-corrected chi connectivity index (χ2v) is 6.79. The van der Waals surface area contributed by atoms with Crippen LogP contribution >= 0.6 is 0 Å². The van der Waals surface area contributed by atoms with E-state index in [1.165, 1.54) is 0 Å². The highest BCUT2D eigenvalue weighted by atomic mass is 16.3. The molecule has 0 fully saturated rings. The van der Waals surface area contributed by atoms with Gasteiger partial charge in [-0.2, -0.15) is 0 Å². The van der Waals surface area contributed by atoms with Crippen molar-refractivity contribution in [2.75, 3.05) is 27.2 Å². The first-order chi connectivity index (χ1) is 12.5. The number of carbonyl (C=O) groups excluding carboxylic acids is 1. The smallest absolute Gasteiger partial charge is 0.233 e. The molecule has 5 heteroatoms. The van der Waals surface area contributed by atoms with Gasteiger partial charge in [0, 0.05) is 24.7 Å². The molecular weight excluding hydrogens is 326 g/mol. The molecule has 0 saturated carbocycles. The molecule has 3 rings (SSSR count). The van der Waals surface area contributed by atoms with Crippen molar-refractivity contribution in [1.29, 1.82) is 0 Å². The maximum Gasteiger partial charge on any atom is 0.233 e. The predicted octanol–water partition coefficient (Wildman–Crippen LogP) is 3.52. The Morgan fingerprint density at radius 2 is 1.88 bits per heavy atom. The fraction of sp³-hybridized carbons (Fsp3) is 0.333. The lowest BCUT2D eigenvalue weighted by Gasteiger charge is -2.26. The summed E-state index contributed by atoms with van der Waals surface area (Å²) in [7, 11) is 4.01. The van der Waals surface area contributed by atoms with Crippen LogP contribution < -0.4 is 0 Å². The minimum Gasteiger partial charge on any atom is -0.460 e. The number of pyridine rings is 1. The highest BCUT2D eigenvalue weighted by Crippen LogP contribution is 2.26. The minimum atomic E-state index is -0.340. The van der Waals surface area contributed by atoms with Crippen molar-refractivity contribution in [2.45, 2.75) is 19.4 Å². The Labute approximate surface area is 154 Å². The number of para-hydroxylation sites is 1. The molecule has 0 aliphatic heterocycles. The lowest BCUT2D eigenvalue weighted by atomic mass is 10.1. The molecule has 2 aromatic heterocycles. The molecule has 3 aromatic rings. The monoisotopic (exact) mass is 351 g/mol. The van der Waals surface area contributed by atoms with E-state index in [-0.39, 0.29) is 11.8 Å². The molecule has 0 aliphatic carbocycles. The van der Waals surface area contributed by atoms with Gasteiger partial charge in [-0.3, -0.25) is 9.78 Å². The summed E-state index contributed by atoms with van der Waals surface area (Å²) in [5, 5.41) is 1.02. The Morgan fingerprint density at radius 3 is 2.58 bits per heavy atom. The molecule has 26 heavy (non-hydrogen) atoms. The summed E-state index contributed by atoms with van der Waals surface area (Å²) in [6, 6.07) is 15.6. The number of carbonyl (C=O) groups is 1. The molecule has 0 spiro atoms. The van der Waals surface area contributed by atoms with Gasteiger partial charge in [0.15, 0.2) is 0 Å². The van der Waals surface area contributed by atoms with Gasteiger partial charge in [0.25, 0.3) is 0 Å². The molecule has 0 radical (unpaired) electrons. The molecular formula is C21H25N3O2. The van der Waals surface area contributed by atoms with Crippen LogP contribution in [0.1, 0.15) is 24.3 Å². The molecule has 2 heterocycles. The van der Waals surface area contributed by atoms with Crippen LogP contribution in [0.3, 0.4) is 0 Å². The van der Waals surface area contributed by atoms with Gasteiger partial charge in [-0.1, -0.05) is 24.3 Å². The molecule has 136 valence electrons. The quantitative estimate of drug-likeness (QED) is 0.653. The second kappa shape index (κ2) is 8.15. The van der Waals surface area contributed by atoms with Crippen molar-refractivity contribution in [1.82, 2.24) is 14.8 Å². The van der Waals surface area contributed by atoms with Crippen LogP contribution in [-0.4, -0.2) is 47.9 Å². The first kappa shape index (κ1) is 18.1. The number of fused-ring (bicyclic) bond motifs is 1. The Balaban J connectivity index is 1.80. The zero-order valence-electron chi connectivity index (χ0n) is 15.6. The molecule has 1 atom stereocenters. The number of amides is 1. The van der Waals surface area contributed by atoms with E-state index in [1.54, 1.807) is 6.20 Å². The fourth-order valence-corrected chi connectivity index (χ4v) is 2.89. The number of nitrogens with zero attached hydrogens (tertiary/aromatic N) is 3. The summed E-state index contributed by atoms with van der Waals surface area (Å²) in [6.07, 6.45) is 1.76. The Bertz CT molecular complexity index is 825. The molecule has 0 saturated heterocycles. The third-order valence-electron chi connectivity index (χ3n) is 4.45. The molecule has 0 bridgehead atoms. The van der Waals surface area contributed by atoms with Crippen LogP contribution in [0, 0.1) is 0 Å². The van der Waals surface area contributed by atoms with E-state index in [0.29, 0.717) is 18.8 Å². The van der Waals surface area contributed by atoms with Gasteiger partial charge >= 0.3 is 0 Å². The number of aromatic nitrogens is 1. The summed E-state index contributed by atoms with van der Waals surface area (Å²) in [5.41, 5.74) is 1.70. The van der Waals surface area contributed by atoms with E-state index in [4.69, 9.17) is 4.42 Å². The van der Waals surface area contributed by atoms with E-state index in [0.717, 1.165) is 23.2 Å². The first-order valence-electron chi connectivity index (χ1n) is 8.86. The molecule has 5 nitrogen and oxygen atoms in total. The summed E-state index contributed by atoms with van der Waals surface area (Å²) in [5.74, 6) is 0.414. The van der Waals surface area contributed by atoms with Gasteiger partial charge in [0.2, 0.25) is 5.91 Å². The number of hydrogen-bond donors (Lipinski definition) is 0. The van der Waals surface area contributed by atoms with Crippen molar-refractivity contribution >= 4 is 16.9 Å². The lowest BCUT2D eigenvalue weighted by Crippen LogP contribution is -2.38. The van der Waals surface area contributed by atoms with Crippen LogP contribution in [0.5, 0.6) is 0 Å². The van der Waals surface area contributed by atoms with E-state index < -0.39 is 0 Å². The van der Waals surface area contributed by atoms with Gasteiger partial charge < -0.3 is 14.2 Å². The second-order valence-electron chi connectivity index (χ2n) is 6.79. The maximum atomic E-state index is 13.2. The largest absolute Gasteiger partial charge is 0.460 e. The third kappa shape index (κ3) is 4.29. The highest BCUT2D eigenvalue weighted by Gasteiger charge is 2.25. The predicted molar refractivity (Wildman–Crippen MR) is 103 cm³/mol. The average molecular weight is 351 g/mol. The number of furan rings is 1. The van der Waals surface area contributed by atoms with E-state index in [1.807, 2.05) is 74.4 Å². The van der Waals surface area contributed by atoms with Crippen molar-refractivity contribution in [3.05, 3.63) is 66.2 Å². The van der Waals surface area contributed by atoms with E-state index >= 15 is 0 Å². The topological polar surface area (TPSA) is 49.6 Å². The van der Waals surface area contributed by atoms with Gasteiger partial charge in [-0.15, -0.1) is 0 Å². The summed E-state index contributed by atoms with van der Waals surface area (Å²) in [6.45, 7) is 3.84. The average Bonchev–Trinajstić information content (AvgIpc) is 3.08. The van der Waals surface area contributed by atoms with Crippen LogP contribution in [0.15, 0.2) is 59.1 Å². The van der Waals surface area contributed by atoms with Crippen LogP contribution in [0.25, 0.3) is 11.0 Å². The zero-order valence-corrected chi connectivity index (χ0v) is 15.6. The summed E-state index contributed by atoms with van der Waals surface area (Å²) < 4.78 is 5.90. The van der Waals surface area contributed by atoms with E-state index in [2.05, 4.69) is 9.88 Å². The Kier molecular flexibility index (Phi) is 5.68. The van der Waals surface area contributed by atoms with E-state index in [9.17, 15) is 4.79 Å². The van der Waals surface area contributed by atoms with Crippen molar-refractivity contribution in [3.63, 3.8) is 0 Å². The van der Waals surface area contributed by atoms with Gasteiger partial charge in [-0.25, -0.2) is 0 Å².